The summed E-state index contributed by atoms with van der Waals surface area (Å²) in [6.45, 7) is 15.0. The Morgan fingerprint density at radius 1 is 0.333 bits per heavy atom. The van der Waals surface area contributed by atoms with E-state index in [0.717, 1.165) is 0 Å². The highest BCUT2D eigenvalue weighted by Gasteiger charge is 1.96. The lowest BCUT2D eigenvalue weighted by Gasteiger charge is -2.09. The van der Waals surface area contributed by atoms with E-state index in [2.05, 4.69) is 0 Å². The van der Waals surface area contributed by atoms with E-state index < -0.39 is 0 Å². The molecule has 0 aliphatic carbocycles. The third kappa shape index (κ3) is 37.0. The lowest BCUT2D eigenvalue weighted by atomic mass is 10.6. The number of esters is 1. The average Bonchev–Trinajstić information content (AvgIpc) is 2.93. The second-order valence-electron chi connectivity index (χ2n) is 7.66. The minimum Gasteiger partial charge on any atom is -0.463 e. The molecule has 0 aromatic heterocycles. The summed E-state index contributed by atoms with van der Waals surface area (Å²) >= 11 is 0. The normalized spacial score (nSPS) is 11.3. The second kappa shape index (κ2) is 35.1. The lowest BCUT2D eigenvalue weighted by Crippen LogP contribution is -2.15. The van der Waals surface area contributed by atoms with Crippen molar-refractivity contribution >= 4 is 5.97 Å². The summed E-state index contributed by atoms with van der Waals surface area (Å²) in [4.78, 5) is 10.6. The van der Waals surface area contributed by atoms with E-state index in [0.29, 0.717) is 145 Å². The standard InChI is InChI=1S/C26H52O13/c1-3-28-4-5-29-6-7-30-8-9-31-10-11-32-12-13-33-14-15-34-16-17-35-18-19-36-20-21-37-22-23-38-24-25-39-26(2)27/h3-25H2,1-2H3. The van der Waals surface area contributed by atoms with Crippen LogP contribution in [0.15, 0.2) is 0 Å². The van der Waals surface area contributed by atoms with Gasteiger partial charge in [0.2, 0.25) is 0 Å². The largest absolute Gasteiger partial charge is 0.463 e. The van der Waals surface area contributed by atoms with E-state index in [1.807, 2.05) is 6.92 Å². The van der Waals surface area contributed by atoms with Gasteiger partial charge in [0.05, 0.1) is 139 Å². The summed E-state index contributed by atoms with van der Waals surface area (Å²) in [6, 6.07) is 0. The molecule has 0 aromatic carbocycles. The third-order valence-corrected chi connectivity index (χ3v) is 4.46. The molecule has 0 aromatic rings. The summed E-state index contributed by atoms with van der Waals surface area (Å²) < 4.78 is 63.9. The smallest absolute Gasteiger partial charge is 0.302 e. The summed E-state index contributed by atoms with van der Waals surface area (Å²) in [5.74, 6) is -0.310. The predicted octanol–water partition coefficient (Wildman–Crippen LogP) is 0.752. The molecule has 13 heteroatoms. The van der Waals surface area contributed by atoms with Gasteiger partial charge in [0.15, 0.2) is 0 Å². The summed E-state index contributed by atoms with van der Waals surface area (Å²) in [7, 11) is 0. The Balaban J connectivity index is 3.02. The van der Waals surface area contributed by atoms with Gasteiger partial charge in [-0.2, -0.15) is 0 Å². The van der Waals surface area contributed by atoms with E-state index in [-0.39, 0.29) is 12.6 Å². The average molecular weight is 573 g/mol. The van der Waals surface area contributed by atoms with Crippen molar-refractivity contribution in [2.24, 2.45) is 0 Å². The SMILES string of the molecule is CCOCCOCCOCCOCCOCCOCCOCCOCCOCCOCCOCCOC(C)=O. The fourth-order valence-electron chi connectivity index (χ4n) is 2.59. The van der Waals surface area contributed by atoms with Crippen LogP contribution in [0.4, 0.5) is 0 Å². The number of ether oxygens (including phenoxy) is 12. The first-order chi connectivity index (χ1) is 19.3. The number of hydrogen-bond acceptors (Lipinski definition) is 13. The van der Waals surface area contributed by atoms with Gasteiger partial charge in [-0.1, -0.05) is 0 Å². The molecule has 0 unspecified atom stereocenters. The molecule has 39 heavy (non-hydrogen) atoms. The van der Waals surface area contributed by atoms with Crippen LogP contribution in [0.5, 0.6) is 0 Å². The van der Waals surface area contributed by atoms with Crippen LogP contribution in [0.2, 0.25) is 0 Å². The minimum atomic E-state index is -0.310. The first-order valence-electron chi connectivity index (χ1n) is 13.8. The molecule has 0 saturated carbocycles. The van der Waals surface area contributed by atoms with Crippen molar-refractivity contribution in [1.82, 2.24) is 0 Å². The molecule has 0 atom stereocenters. The molecule has 0 aliphatic heterocycles. The highest BCUT2D eigenvalue weighted by Crippen LogP contribution is 1.87. The lowest BCUT2D eigenvalue weighted by molar-refractivity contribution is -0.142. The van der Waals surface area contributed by atoms with Crippen molar-refractivity contribution in [1.29, 1.82) is 0 Å². The second-order valence-corrected chi connectivity index (χ2v) is 7.66. The maximum Gasteiger partial charge on any atom is 0.302 e. The number of rotatable bonds is 34. The molecule has 0 radical (unpaired) electrons. The van der Waals surface area contributed by atoms with Crippen molar-refractivity contribution in [3.63, 3.8) is 0 Å². The summed E-state index contributed by atoms with van der Waals surface area (Å²) in [5.41, 5.74) is 0. The van der Waals surface area contributed by atoms with Gasteiger partial charge in [-0.15, -0.1) is 0 Å². The Bertz CT molecular complexity index is 471. The molecule has 0 amide bonds. The molecular weight excluding hydrogens is 520 g/mol. The first kappa shape index (κ1) is 38.0. The van der Waals surface area contributed by atoms with Gasteiger partial charge in [-0.25, -0.2) is 0 Å². The van der Waals surface area contributed by atoms with E-state index in [4.69, 9.17) is 56.8 Å². The molecule has 0 N–H and O–H groups in total. The number of hydrogen-bond donors (Lipinski definition) is 0. The van der Waals surface area contributed by atoms with Crippen LogP contribution < -0.4 is 0 Å². The fourth-order valence-corrected chi connectivity index (χ4v) is 2.59. The molecule has 0 fully saturated rings. The van der Waals surface area contributed by atoms with Crippen molar-refractivity contribution in [3.05, 3.63) is 0 Å². The van der Waals surface area contributed by atoms with Crippen LogP contribution in [0.3, 0.4) is 0 Å². The van der Waals surface area contributed by atoms with Gasteiger partial charge in [0.1, 0.15) is 6.61 Å². The summed E-state index contributed by atoms with van der Waals surface area (Å²) in [6.07, 6.45) is 0. The topological polar surface area (TPSA) is 128 Å². The molecule has 234 valence electrons. The molecule has 13 nitrogen and oxygen atoms in total. The fraction of sp³-hybridized carbons (Fsp3) is 0.962. The molecule has 0 rings (SSSR count). The van der Waals surface area contributed by atoms with Gasteiger partial charge < -0.3 is 56.8 Å². The zero-order valence-electron chi connectivity index (χ0n) is 24.1. The highest BCUT2D eigenvalue weighted by molar-refractivity contribution is 5.65. The number of carbonyl (C=O) groups excluding carboxylic acids is 1. The van der Waals surface area contributed by atoms with Crippen molar-refractivity contribution in [2.75, 3.05) is 152 Å². The van der Waals surface area contributed by atoms with Crippen LogP contribution in [-0.2, 0) is 61.6 Å². The van der Waals surface area contributed by atoms with Crippen molar-refractivity contribution in [3.8, 4) is 0 Å². The minimum absolute atomic E-state index is 0.260. The van der Waals surface area contributed by atoms with E-state index >= 15 is 0 Å². The van der Waals surface area contributed by atoms with Crippen LogP contribution in [0.1, 0.15) is 13.8 Å². The molecule has 0 saturated heterocycles. The quantitative estimate of drug-likeness (QED) is 0.0795. The highest BCUT2D eigenvalue weighted by atomic mass is 16.6. The van der Waals surface area contributed by atoms with Crippen LogP contribution >= 0.6 is 0 Å². The predicted molar refractivity (Wildman–Crippen MR) is 141 cm³/mol. The van der Waals surface area contributed by atoms with Gasteiger partial charge >= 0.3 is 5.97 Å². The first-order valence-corrected chi connectivity index (χ1v) is 13.8. The van der Waals surface area contributed by atoms with Crippen molar-refractivity contribution in [2.45, 2.75) is 13.8 Å². The zero-order valence-corrected chi connectivity index (χ0v) is 24.1. The van der Waals surface area contributed by atoms with Crippen molar-refractivity contribution < 1.29 is 61.6 Å². The Hall–Kier alpha value is -0.970. The van der Waals surface area contributed by atoms with E-state index in [1.54, 1.807) is 0 Å². The molecule has 0 spiro atoms. The van der Waals surface area contributed by atoms with Gasteiger partial charge in [0, 0.05) is 13.5 Å². The maximum absolute atomic E-state index is 10.6. The van der Waals surface area contributed by atoms with Crippen LogP contribution in [0, 0.1) is 0 Å². The van der Waals surface area contributed by atoms with Gasteiger partial charge in [-0.3, -0.25) is 4.79 Å². The van der Waals surface area contributed by atoms with E-state index in [1.165, 1.54) is 6.92 Å². The molecule has 0 heterocycles. The van der Waals surface area contributed by atoms with E-state index in [9.17, 15) is 4.79 Å². The Kier molecular flexibility index (Phi) is 34.2. The monoisotopic (exact) mass is 572 g/mol. The Labute approximate surface area is 233 Å². The zero-order chi connectivity index (χ0) is 28.3. The number of carbonyl (C=O) groups is 1. The summed E-state index contributed by atoms with van der Waals surface area (Å²) in [5, 5.41) is 0. The molecule has 0 bridgehead atoms. The van der Waals surface area contributed by atoms with Crippen LogP contribution in [-0.4, -0.2) is 158 Å². The Morgan fingerprint density at radius 3 is 0.692 bits per heavy atom. The Morgan fingerprint density at radius 2 is 0.513 bits per heavy atom. The van der Waals surface area contributed by atoms with Gasteiger partial charge in [0.25, 0.3) is 0 Å². The van der Waals surface area contributed by atoms with Crippen LogP contribution in [0.25, 0.3) is 0 Å². The third-order valence-electron chi connectivity index (χ3n) is 4.46. The van der Waals surface area contributed by atoms with Gasteiger partial charge in [-0.05, 0) is 6.92 Å². The maximum atomic E-state index is 10.6. The molecular formula is C26H52O13. The molecule has 0 aliphatic rings.